The fourth-order valence-electron chi connectivity index (χ4n) is 1.45. The molecule has 5 heteroatoms. The second-order valence-electron chi connectivity index (χ2n) is 3.26. The Morgan fingerprint density at radius 2 is 2.12 bits per heavy atom. The van der Waals surface area contributed by atoms with Crippen LogP contribution in [0.25, 0.3) is 0 Å². The Labute approximate surface area is 103 Å². The Bertz CT molecular complexity index is 523. The number of hydrogen-bond donors (Lipinski definition) is 0. The van der Waals surface area contributed by atoms with E-state index in [0.29, 0.717) is 21.9 Å². The van der Waals surface area contributed by atoms with E-state index in [9.17, 15) is 4.79 Å². The topological polar surface area (TPSA) is 48.4 Å². The molecule has 4 nitrogen and oxygen atoms in total. The van der Waals surface area contributed by atoms with E-state index in [0.717, 1.165) is 0 Å². The summed E-state index contributed by atoms with van der Waals surface area (Å²) < 4.78 is 10.3. The van der Waals surface area contributed by atoms with Crippen LogP contribution in [0.3, 0.4) is 0 Å². The number of benzene rings is 1. The first kappa shape index (κ1) is 11.6. The van der Waals surface area contributed by atoms with Crippen LogP contribution in [0, 0.1) is 0 Å². The molecule has 0 bridgehead atoms. The first-order chi connectivity index (χ1) is 8.26. The molecular weight excluding hydrogens is 238 g/mol. The van der Waals surface area contributed by atoms with Crippen molar-refractivity contribution in [3.05, 3.63) is 40.3 Å². The zero-order chi connectivity index (χ0) is 12.3. The minimum absolute atomic E-state index is 0.108. The lowest BCUT2D eigenvalue weighted by Gasteiger charge is -2.08. The minimum Gasteiger partial charge on any atom is -0.497 e. The van der Waals surface area contributed by atoms with Crippen LogP contribution in [0.2, 0.25) is 0 Å². The van der Waals surface area contributed by atoms with Gasteiger partial charge in [-0.05, 0) is 18.2 Å². The molecule has 1 heterocycles. The minimum atomic E-state index is -0.108. The molecule has 1 aromatic carbocycles. The van der Waals surface area contributed by atoms with Crippen molar-refractivity contribution < 1.29 is 14.3 Å². The fraction of sp³-hybridized carbons (Fsp3) is 0.167. The van der Waals surface area contributed by atoms with Crippen molar-refractivity contribution in [2.75, 3.05) is 14.2 Å². The summed E-state index contributed by atoms with van der Waals surface area (Å²) in [5.74, 6) is 1.05. The van der Waals surface area contributed by atoms with Crippen molar-refractivity contribution in [2.45, 2.75) is 0 Å². The van der Waals surface area contributed by atoms with E-state index < -0.39 is 0 Å². The predicted molar refractivity (Wildman–Crippen MR) is 65.1 cm³/mol. The van der Waals surface area contributed by atoms with Crippen LogP contribution in [0.15, 0.2) is 29.9 Å². The van der Waals surface area contributed by atoms with E-state index in [4.69, 9.17) is 9.47 Å². The quantitative estimate of drug-likeness (QED) is 0.781. The highest BCUT2D eigenvalue weighted by atomic mass is 32.1. The Hall–Kier alpha value is -1.88. The van der Waals surface area contributed by atoms with Crippen molar-refractivity contribution in [1.29, 1.82) is 0 Å². The number of aromatic nitrogens is 1. The number of methoxy groups -OCH3 is 2. The molecular formula is C12H11NO3S. The normalized spacial score (nSPS) is 10.0. The second-order valence-corrected chi connectivity index (χ2v) is 4.15. The Morgan fingerprint density at radius 1 is 1.29 bits per heavy atom. The maximum Gasteiger partial charge on any atom is 0.208 e. The van der Waals surface area contributed by atoms with E-state index >= 15 is 0 Å². The summed E-state index contributed by atoms with van der Waals surface area (Å²) in [7, 11) is 3.09. The van der Waals surface area contributed by atoms with Gasteiger partial charge in [-0.1, -0.05) is 0 Å². The van der Waals surface area contributed by atoms with E-state index in [-0.39, 0.29) is 5.78 Å². The van der Waals surface area contributed by atoms with Crippen molar-refractivity contribution in [3.63, 3.8) is 0 Å². The SMILES string of the molecule is COc1ccc(OC)c(C(=O)c2cncs2)c1. The monoisotopic (exact) mass is 249 g/mol. The molecule has 0 unspecified atom stereocenters. The Morgan fingerprint density at radius 3 is 2.71 bits per heavy atom. The van der Waals surface area contributed by atoms with Crippen LogP contribution in [-0.2, 0) is 0 Å². The van der Waals surface area contributed by atoms with Gasteiger partial charge in [0.15, 0.2) is 0 Å². The number of ether oxygens (including phenoxy) is 2. The van der Waals surface area contributed by atoms with Gasteiger partial charge in [-0.15, -0.1) is 11.3 Å². The summed E-state index contributed by atoms with van der Waals surface area (Å²) in [6.07, 6.45) is 1.55. The number of hydrogen-bond acceptors (Lipinski definition) is 5. The standard InChI is InChI=1S/C12H11NO3S/c1-15-8-3-4-10(16-2)9(5-8)12(14)11-6-13-7-17-11/h3-7H,1-2H3. The van der Waals surface area contributed by atoms with Crippen LogP contribution in [0.1, 0.15) is 15.2 Å². The van der Waals surface area contributed by atoms with Crippen LogP contribution in [0.5, 0.6) is 11.5 Å². The molecule has 17 heavy (non-hydrogen) atoms. The molecule has 0 aliphatic rings. The van der Waals surface area contributed by atoms with Crippen molar-refractivity contribution in [3.8, 4) is 11.5 Å². The maximum atomic E-state index is 12.2. The van der Waals surface area contributed by atoms with E-state index in [1.54, 1.807) is 37.0 Å². The number of nitrogens with zero attached hydrogens (tertiary/aromatic N) is 1. The maximum absolute atomic E-state index is 12.2. The lowest BCUT2D eigenvalue weighted by atomic mass is 10.1. The zero-order valence-corrected chi connectivity index (χ0v) is 10.3. The fourth-order valence-corrected chi connectivity index (χ4v) is 2.03. The summed E-state index contributed by atoms with van der Waals surface area (Å²) in [5, 5.41) is 0. The van der Waals surface area contributed by atoms with Gasteiger partial charge < -0.3 is 9.47 Å². The Kier molecular flexibility index (Phi) is 3.39. The molecule has 0 saturated heterocycles. The van der Waals surface area contributed by atoms with Gasteiger partial charge in [0.05, 0.1) is 30.2 Å². The average molecular weight is 249 g/mol. The van der Waals surface area contributed by atoms with Gasteiger partial charge in [0, 0.05) is 6.20 Å². The van der Waals surface area contributed by atoms with E-state index in [2.05, 4.69) is 4.98 Å². The molecule has 2 aromatic rings. The average Bonchev–Trinajstić information content (AvgIpc) is 2.91. The second kappa shape index (κ2) is 4.97. The van der Waals surface area contributed by atoms with Gasteiger partial charge >= 0.3 is 0 Å². The molecule has 1 aromatic heterocycles. The number of carbonyl (C=O) groups excluding carboxylic acids is 1. The molecule has 2 rings (SSSR count). The van der Waals surface area contributed by atoms with Crippen LogP contribution in [0.4, 0.5) is 0 Å². The van der Waals surface area contributed by atoms with Crippen molar-refractivity contribution in [2.24, 2.45) is 0 Å². The van der Waals surface area contributed by atoms with E-state index in [1.165, 1.54) is 18.4 Å². The van der Waals surface area contributed by atoms with Gasteiger partial charge in [0.25, 0.3) is 0 Å². The molecule has 0 amide bonds. The molecule has 0 atom stereocenters. The van der Waals surface area contributed by atoms with Crippen molar-refractivity contribution in [1.82, 2.24) is 4.98 Å². The molecule has 0 aliphatic carbocycles. The number of carbonyl (C=O) groups is 1. The van der Waals surface area contributed by atoms with Gasteiger partial charge in [0.2, 0.25) is 5.78 Å². The zero-order valence-electron chi connectivity index (χ0n) is 9.47. The summed E-state index contributed by atoms with van der Waals surface area (Å²) in [6.45, 7) is 0. The number of ketones is 1. The van der Waals surface area contributed by atoms with Crippen LogP contribution < -0.4 is 9.47 Å². The highest BCUT2D eigenvalue weighted by Crippen LogP contribution is 2.27. The lowest BCUT2D eigenvalue weighted by molar-refractivity contribution is 0.103. The molecule has 0 fully saturated rings. The lowest BCUT2D eigenvalue weighted by Crippen LogP contribution is -2.02. The molecule has 0 aliphatic heterocycles. The van der Waals surface area contributed by atoms with E-state index in [1.807, 2.05) is 0 Å². The van der Waals surface area contributed by atoms with Gasteiger partial charge in [-0.3, -0.25) is 9.78 Å². The largest absolute Gasteiger partial charge is 0.497 e. The smallest absolute Gasteiger partial charge is 0.208 e. The summed E-state index contributed by atoms with van der Waals surface area (Å²) >= 11 is 1.30. The first-order valence-corrected chi connectivity index (χ1v) is 5.79. The molecule has 0 spiro atoms. The summed E-state index contributed by atoms with van der Waals surface area (Å²) in [4.78, 5) is 16.7. The van der Waals surface area contributed by atoms with Gasteiger partial charge in [-0.25, -0.2) is 0 Å². The van der Waals surface area contributed by atoms with Crippen LogP contribution >= 0.6 is 11.3 Å². The number of rotatable bonds is 4. The highest BCUT2D eigenvalue weighted by Gasteiger charge is 2.16. The molecule has 0 saturated carbocycles. The first-order valence-electron chi connectivity index (χ1n) is 4.91. The third kappa shape index (κ3) is 2.29. The molecule has 0 N–H and O–H groups in total. The van der Waals surface area contributed by atoms with Gasteiger partial charge in [-0.2, -0.15) is 0 Å². The third-order valence-electron chi connectivity index (χ3n) is 2.31. The highest BCUT2D eigenvalue weighted by molar-refractivity contribution is 7.11. The van der Waals surface area contributed by atoms with Gasteiger partial charge in [0.1, 0.15) is 11.5 Å². The summed E-state index contributed by atoms with van der Waals surface area (Å²) in [6, 6.07) is 5.14. The Balaban J connectivity index is 2.45. The predicted octanol–water partition coefficient (Wildman–Crippen LogP) is 2.39. The van der Waals surface area contributed by atoms with Crippen LogP contribution in [-0.4, -0.2) is 25.0 Å². The third-order valence-corrected chi connectivity index (χ3v) is 3.08. The number of thiazole rings is 1. The molecule has 88 valence electrons. The van der Waals surface area contributed by atoms with Crippen molar-refractivity contribution >= 4 is 17.1 Å². The molecule has 0 radical (unpaired) electrons. The summed E-state index contributed by atoms with van der Waals surface area (Å²) in [5.41, 5.74) is 2.11.